The lowest BCUT2D eigenvalue weighted by Gasteiger charge is -2.12. The summed E-state index contributed by atoms with van der Waals surface area (Å²) < 4.78 is 5.70. The van der Waals surface area contributed by atoms with Crippen LogP contribution in [-0.2, 0) is 11.4 Å². The Morgan fingerprint density at radius 1 is 1.13 bits per heavy atom. The summed E-state index contributed by atoms with van der Waals surface area (Å²) in [7, 11) is 0. The third kappa shape index (κ3) is 4.57. The zero-order valence-electron chi connectivity index (χ0n) is 13.8. The van der Waals surface area contributed by atoms with Crippen LogP contribution in [0.5, 0.6) is 5.75 Å². The molecule has 0 bridgehead atoms. The fourth-order valence-corrected chi connectivity index (χ4v) is 2.25. The van der Waals surface area contributed by atoms with Gasteiger partial charge in [0, 0.05) is 5.69 Å². The van der Waals surface area contributed by atoms with Crippen molar-refractivity contribution >= 4 is 11.6 Å². The minimum atomic E-state index is -0.103. The summed E-state index contributed by atoms with van der Waals surface area (Å²) in [6, 6.07) is 11.4. The van der Waals surface area contributed by atoms with E-state index in [1.807, 2.05) is 51.1 Å². The van der Waals surface area contributed by atoms with E-state index < -0.39 is 0 Å². The standard InChI is InChI=1S/C19H23NO3/c1-13-5-4-6-18(15(13)3)23-10-9-19(22)20-17-11-16(12-21)8-7-14(17)2/h4-8,11,21H,9-10,12H2,1-3H3,(H,20,22). The number of hydrogen-bond donors (Lipinski definition) is 2. The zero-order chi connectivity index (χ0) is 16.8. The third-order valence-electron chi connectivity index (χ3n) is 3.90. The summed E-state index contributed by atoms with van der Waals surface area (Å²) in [4.78, 5) is 12.1. The van der Waals surface area contributed by atoms with Gasteiger partial charge in [-0.1, -0.05) is 24.3 Å². The van der Waals surface area contributed by atoms with E-state index in [0.29, 0.717) is 6.61 Å². The molecule has 0 aliphatic carbocycles. The van der Waals surface area contributed by atoms with Crippen molar-refractivity contribution in [3.05, 3.63) is 58.7 Å². The van der Waals surface area contributed by atoms with Gasteiger partial charge in [-0.15, -0.1) is 0 Å². The Kier molecular flexibility index (Phi) is 5.77. The van der Waals surface area contributed by atoms with Crippen LogP contribution in [0.15, 0.2) is 36.4 Å². The van der Waals surface area contributed by atoms with Gasteiger partial charge in [0.05, 0.1) is 19.6 Å². The van der Waals surface area contributed by atoms with Crippen LogP contribution < -0.4 is 10.1 Å². The summed E-state index contributed by atoms with van der Waals surface area (Å²) >= 11 is 0. The Hall–Kier alpha value is -2.33. The molecule has 0 fully saturated rings. The Balaban J connectivity index is 1.89. The van der Waals surface area contributed by atoms with Crippen molar-refractivity contribution in [3.8, 4) is 5.75 Å². The molecule has 0 saturated heterocycles. The number of anilines is 1. The van der Waals surface area contributed by atoms with Crippen LogP contribution in [0, 0.1) is 20.8 Å². The average Bonchev–Trinajstić information content (AvgIpc) is 2.53. The van der Waals surface area contributed by atoms with Gasteiger partial charge in [-0.25, -0.2) is 0 Å². The highest BCUT2D eigenvalue weighted by Crippen LogP contribution is 2.21. The Bertz CT molecular complexity index is 695. The highest BCUT2D eigenvalue weighted by molar-refractivity contribution is 5.91. The van der Waals surface area contributed by atoms with E-state index in [-0.39, 0.29) is 18.9 Å². The minimum Gasteiger partial charge on any atom is -0.493 e. The summed E-state index contributed by atoms with van der Waals surface area (Å²) in [5.74, 6) is 0.713. The van der Waals surface area contributed by atoms with Gasteiger partial charge in [-0.2, -0.15) is 0 Å². The first-order chi connectivity index (χ1) is 11.0. The Morgan fingerprint density at radius 3 is 2.65 bits per heavy atom. The highest BCUT2D eigenvalue weighted by atomic mass is 16.5. The van der Waals surface area contributed by atoms with Crippen molar-refractivity contribution in [2.24, 2.45) is 0 Å². The van der Waals surface area contributed by atoms with Gasteiger partial charge in [0.2, 0.25) is 5.91 Å². The molecule has 0 aromatic heterocycles. The molecule has 2 N–H and O–H groups in total. The van der Waals surface area contributed by atoms with E-state index >= 15 is 0 Å². The fraction of sp³-hybridized carbons (Fsp3) is 0.316. The molecular formula is C19H23NO3. The van der Waals surface area contributed by atoms with Gasteiger partial charge < -0.3 is 15.2 Å². The number of carbonyl (C=O) groups excluding carboxylic acids is 1. The van der Waals surface area contributed by atoms with Crippen LogP contribution in [0.4, 0.5) is 5.69 Å². The zero-order valence-corrected chi connectivity index (χ0v) is 13.8. The molecule has 2 aromatic rings. The topological polar surface area (TPSA) is 58.6 Å². The number of aryl methyl sites for hydroxylation is 2. The Labute approximate surface area is 137 Å². The molecule has 1 amide bonds. The van der Waals surface area contributed by atoms with Crippen molar-refractivity contribution in [2.45, 2.75) is 33.8 Å². The van der Waals surface area contributed by atoms with E-state index in [0.717, 1.165) is 28.1 Å². The van der Waals surface area contributed by atoms with Crippen molar-refractivity contribution in [3.63, 3.8) is 0 Å². The molecule has 2 rings (SSSR count). The van der Waals surface area contributed by atoms with E-state index in [9.17, 15) is 9.90 Å². The van der Waals surface area contributed by atoms with Gasteiger partial charge in [0.1, 0.15) is 5.75 Å². The number of ether oxygens (including phenoxy) is 1. The van der Waals surface area contributed by atoms with Gasteiger partial charge in [0.25, 0.3) is 0 Å². The second-order valence-electron chi connectivity index (χ2n) is 5.65. The summed E-state index contributed by atoms with van der Waals surface area (Å²) in [5, 5.41) is 12.0. The molecule has 0 radical (unpaired) electrons. The quantitative estimate of drug-likeness (QED) is 0.858. The molecule has 4 heteroatoms. The lowest BCUT2D eigenvalue weighted by atomic mass is 10.1. The lowest BCUT2D eigenvalue weighted by Crippen LogP contribution is -2.16. The number of nitrogens with one attached hydrogen (secondary N) is 1. The maximum absolute atomic E-state index is 12.1. The summed E-state index contributed by atoms with van der Waals surface area (Å²) in [6.07, 6.45) is 0.274. The SMILES string of the molecule is Cc1ccc(CO)cc1NC(=O)CCOc1cccc(C)c1C. The number of aliphatic hydroxyl groups excluding tert-OH is 1. The minimum absolute atomic E-state index is 0.0428. The molecule has 122 valence electrons. The first-order valence-electron chi connectivity index (χ1n) is 7.70. The van der Waals surface area contributed by atoms with Crippen LogP contribution >= 0.6 is 0 Å². The van der Waals surface area contributed by atoms with Crippen molar-refractivity contribution in [1.82, 2.24) is 0 Å². The highest BCUT2D eigenvalue weighted by Gasteiger charge is 2.07. The number of aliphatic hydroxyl groups is 1. The molecule has 0 unspecified atom stereocenters. The van der Waals surface area contributed by atoms with Crippen molar-refractivity contribution in [1.29, 1.82) is 0 Å². The van der Waals surface area contributed by atoms with Gasteiger partial charge in [-0.3, -0.25) is 4.79 Å². The number of amides is 1. The molecule has 0 aliphatic rings. The average molecular weight is 313 g/mol. The molecule has 0 aliphatic heterocycles. The normalized spacial score (nSPS) is 10.4. The maximum atomic E-state index is 12.1. The van der Waals surface area contributed by atoms with E-state index in [2.05, 4.69) is 5.32 Å². The second-order valence-corrected chi connectivity index (χ2v) is 5.65. The number of hydrogen-bond acceptors (Lipinski definition) is 3. The van der Waals surface area contributed by atoms with Gasteiger partial charge >= 0.3 is 0 Å². The Morgan fingerprint density at radius 2 is 1.91 bits per heavy atom. The molecule has 0 atom stereocenters. The van der Waals surface area contributed by atoms with Crippen LogP contribution in [0.2, 0.25) is 0 Å². The molecule has 0 spiro atoms. The van der Waals surface area contributed by atoms with E-state index in [4.69, 9.17) is 4.74 Å². The summed E-state index contributed by atoms with van der Waals surface area (Å²) in [5.41, 5.74) is 4.74. The monoisotopic (exact) mass is 313 g/mol. The summed E-state index contributed by atoms with van der Waals surface area (Å²) in [6.45, 7) is 6.25. The molecule has 2 aromatic carbocycles. The number of benzene rings is 2. The predicted octanol–water partition coefficient (Wildman–Crippen LogP) is 3.51. The molecular weight excluding hydrogens is 290 g/mol. The van der Waals surface area contributed by atoms with Crippen LogP contribution in [-0.4, -0.2) is 17.6 Å². The third-order valence-corrected chi connectivity index (χ3v) is 3.90. The first-order valence-corrected chi connectivity index (χ1v) is 7.70. The van der Waals surface area contributed by atoms with E-state index in [1.165, 1.54) is 5.56 Å². The van der Waals surface area contributed by atoms with E-state index in [1.54, 1.807) is 6.07 Å². The van der Waals surface area contributed by atoms with Crippen LogP contribution in [0.1, 0.15) is 28.7 Å². The largest absolute Gasteiger partial charge is 0.493 e. The first kappa shape index (κ1) is 17.0. The van der Waals surface area contributed by atoms with Crippen LogP contribution in [0.3, 0.4) is 0 Å². The van der Waals surface area contributed by atoms with Crippen LogP contribution in [0.25, 0.3) is 0 Å². The second kappa shape index (κ2) is 7.79. The predicted molar refractivity (Wildman–Crippen MR) is 91.8 cm³/mol. The molecule has 23 heavy (non-hydrogen) atoms. The van der Waals surface area contributed by atoms with Gasteiger partial charge in [0.15, 0.2) is 0 Å². The molecule has 0 heterocycles. The lowest BCUT2D eigenvalue weighted by molar-refractivity contribution is -0.116. The number of carbonyl (C=O) groups is 1. The number of rotatable bonds is 6. The van der Waals surface area contributed by atoms with Gasteiger partial charge in [-0.05, 0) is 55.2 Å². The fourth-order valence-electron chi connectivity index (χ4n) is 2.25. The smallest absolute Gasteiger partial charge is 0.227 e. The molecule has 0 saturated carbocycles. The maximum Gasteiger partial charge on any atom is 0.227 e. The van der Waals surface area contributed by atoms with Crippen molar-refractivity contribution in [2.75, 3.05) is 11.9 Å². The van der Waals surface area contributed by atoms with Crippen molar-refractivity contribution < 1.29 is 14.6 Å². The molecule has 4 nitrogen and oxygen atoms in total.